The Morgan fingerprint density at radius 3 is 2.61 bits per heavy atom. The number of halogens is 4. The van der Waals surface area contributed by atoms with E-state index in [1.807, 2.05) is 0 Å². The van der Waals surface area contributed by atoms with Crippen molar-refractivity contribution in [3.05, 3.63) is 29.3 Å². The van der Waals surface area contributed by atoms with Crippen LogP contribution >= 0.6 is 11.6 Å². The van der Waals surface area contributed by atoms with Crippen molar-refractivity contribution < 1.29 is 17.9 Å². The van der Waals surface area contributed by atoms with Crippen molar-refractivity contribution in [2.24, 2.45) is 0 Å². The van der Waals surface area contributed by atoms with E-state index in [1.165, 1.54) is 0 Å². The van der Waals surface area contributed by atoms with Crippen molar-refractivity contribution in [1.82, 2.24) is 0 Å². The minimum absolute atomic E-state index is 0.239. The molecular weight excluding hydrogens is 265 g/mol. The first kappa shape index (κ1) is 14.7. The van der Waals surface area contributed by atoms with Crippen LogP contribution in [0.4, 0.5) is 13.2 Å². The van der Waals surface area contributed by atoms with Gasteiger partial charge in [-0.15, -0.1) is 11.6 Å². The molecule has 0 bridgehead atoms. The van der Waals surface area contributed by atoms with Gasteiger partial charge in [0.25, 0.3) is 0 Å². The molecule has 0 aromatic heterocycles. The molecule has 0 saturated carbocycles. The number of aryl methyl sites for hydroxylation is 1. The van der Waals surface area contributed by atoms with E-state index in [1.54, 1.807) is 25.1 Å². The monoisotopic (exact) mass is 276 g/mol. The Morgan fingerprint density at radius 1 is 1.33 bits per heavy atom. The van der Waals surface area contributed by atoms with Gasteiger partial charge < -0.3 is 4.74 Å². The van der Waals surface area contributed by atoms with Crippen molar-refractivity contribution in [3.63, 3.8) is 0 Å². The molecule has 1 nitrogen and oxygen atoms in total. The van der Waals surface area contributed by atoms with E-state index in [-0.39, 0.29) is 12.5 Å². The maximum atomic E-state index is 12.0. The van der Waals surface area contributed by atoms with Crippen LogP contribution in [-0.4, -0.2) is 18.7 Å². The molecule has 0 unspecified atom stereocenters. The maximum absolute atomic E-state index is 12.0. The zero-order valence-corrected chi connectivity index (χ0v) is 10.5. The summed E-state index contributed by atoms with van der Waals surface area (Å²) in [4.78, 5) is 0. The zero-order valence-electron chi connectivity index (χ0n) is 9.77. The SMILES string of the molecule is Cc1cc(C#CCCl)ccc1OCCC(F)(F)F. The van der Waals surface area contributed by atoms with Crippen LogP contribution in [0.25, 0.3) is 0 Å². The normalized spacial score (nSPS) is 10.7. The lowest BCUT2D eigenvalue weighted by atomic mass is 10.1. The summed E-state index contributed by atoms with van der Waals surface area (Å²) in [6.07, 6.45) is -5.15. The molecule has 18 heavy (non-hydrogen) atoms. The summed E-state index contributed by atoms with van der Waals surface area (Å²) in [6, 6.07) is 5.06. The second kappa shape index (κ2) is 6.55. The van der Waals surface area contributed by atoms with E-state index in [4.69, 9.17) is 16.3 Å². The molecule has 98 valence electrons. The van der Waals surface area contributed by atoms with E-state index in [0.717, 1.165) is 11.1 Å². The Labute approximate surface area is 109 Å². The zero-order chi connectivity index (χ0) is 13.6. The molecule has 0 aliphatic carbocycles. The van der Waals surface area contributed by atoms with Gasteiger partial charge in [-0.25, -0.2) is 0 Å². The number of rotatable bonds is 3. The predicted molar refractivity (Wildman–Crippen MR) is 64.9 cm³/mol. The molecule has 1 rings (SSSR count). The molecule has 0 amide bonds. The van der Waals surface area contributed by atoms with Crippen LogP contribution in [0, 0.1) is 18.8 Å². The molecule has 0 radical (unpaired) electrons. The first-order chi connectivity index (χ1) is 8.42. The average molecular weight is 277 g/mol. The van der Waals surface area contributed by atoms with Gasteiger partial charge in [0.2, 0.25) is 0 Å². The van der Waals surface area contributed by atoms with Crippen molar-refractivity contribution in [2.75, 3.05) is 12.5 Å². The second-order valence-electron chi connectivity index (χ2n) is 3.63. The number of ether oxygens (including phenoxy) is 1. The van der Waals surface area contributed by atoms with Gasteiger partial charge in [0.1, 0.15) is 5.75 Å². The van der Waals surface area contributed by atoms with Gasteiger partial charge in [0.15, 0.2) is 0 Å². The van der Waals surface area contributed by atoms with Crippen molar-refractivity contribution in [3.8, 4) is 17.6 Å². The number of hydrogen-bond acceptors (Lipinski definition) is 1. The van der Waals surface area contributed by atoms with E-state index >= 15 is 0 Å². The van der Waals surface area contributed by atoms with Gasteiger partial charge in [-0.2, -0.15) is 13.2 Å². The first-order valence-corrected chi connectivity index (χ1v) is 5.81. The Hall–Kier alpha value is -1.34. The van der Waals surface area contributed by atoms with Crippen LogP contribution in [0.2, 0.25) is 0 Å². The molecule has 5 heteroatoms. The van der Waals surface area contributed by atoms with Gasteiger partial charge >= 0.3 is 6.18 Å². The smallest absolute Gasteiger partial charge is 0.392 e. The Morgan fingerprint density at radius 2 is 2.06 bits per heavy atom. The highest BCUT2D eigenvalue weighted by Crippen LogP contribution is 2.22. The number of alkyl halides is 4. The molecule has 0 spiro atoms. The Kier molecular flexibility index (Phi) is 5.36. The highest BCUT2D eigenvalue weighted by molar-refractivity contribution is 6.19. The number of benzene rings is 1. The van der Waals surface area contributed by atoms with Crippen molar-refractivity contribution >= 4 is 11.6 Å². The Bertz CT molecular complexity index is 458. The quantitative estimate of drug-likeness (QED) is 0.601. The third-order valence-corrected chi connectivity index (χ3v) is 2.25. The van der Waals surface area contributed by atoms with Crippen LogP contribution in [0.5, 0.6) is 5.75 Å². The summed E-state index contributed by atoms with van der Waals surface area (Å²) < 4.78 is 40.9. The standard InChI is InChI=1S/C13H12ClF3O/c1-10-9-11(3-2-7-14)4-5-12(10)18-8-6-13(15,16)17/h4-5,9H,6-8H2,1H3. The van der Waals surface area contributed by atoms with Crippen LogP contribution in [-0.2, 0) is 0 Å². The molecule has 1 aromatic carbocycles. The van der Waals surface area contributed by atoms with Gasteiger partial charge in [0.05, 0.1) is 18.9 Å². The molecule has 0 aliphatic heterocycles. The lowest BCUT2D eigenvalue weighted by Crippen LogP contribution is -2.13. The highest BCUT2D eigenvalue weighted by atomic mass is 35.5. The summed E-state index contributed by atoms with van der Waals surface area (Å²) >= 11 is 5.43. The fraction of sp³-hybridized carbons (Fsp3) is 0.385. The average Bonchev–Trinajstić information content (AvgIpc) is 2.27. The number of hydrogen-bond donors (Lipinski definition) is 0. The van der Waals surface area contributed by atoms with Crippen LogP contribution in [0.15, 0.2) is 18.2 Å². The molecule has 0 atom stereocenters. The minimum Gasteiger partial charge on any atom is -0.493 e. The summed E-state index contributed by atoms with van der Waals surface area (Å²) in [5.41, 5.74) is 1.51. The third-order valence-electron chi connectivity index (χ3n) is 2.12. The summed E-state index contributed by atoms with van der Waals surface area (Å²) in [6.45, 7) is 1.38. The topological polar surface area (TPSA) is 9.23 Å². The van der Waals surface area contributed by atoms with Crippen LogP contribution in [0.1, 0.15) is 17.5 Å². The van der Waals surface area contributed by atoms with Gasteiger partial charge in [-0.05, 0) is 30.7 Å². The highest BCUT2D eigenvalue weighted by Gasteiger charge is 2.26. The fourth-order valence-electron chi connectivity index (χ4n) is 1.30. The first-order valence-electron chi connectivity index (χ1n) is 5.27. The molecule has 1 aromatic rings. The van der Waals surface area contributed by atoms with Gasteiger partial charge in [-0.1, -0.05) is 11.8 Å². The maximum Gasteiger partial charge on any atom is 0.392 e. The van der Waals surface area contributed by atoms with E-state index in [0.29, 0.717) is 5.75 Å². The van der Waals surface area contributed by atoms with Crippen molar-refractivity contribution in [2.45, 2.75) is 19.5 Å². The molecule has 0 saturated heterocycles. The molecule has 0 N–H and O–H groups in total. The van der Waals surface area contributed by atoms with Crippen LogP contribution < -0.4 is 4.74 Å². The molecule has 0 fully saturated rings. The van der Waals surface area contributed by atoms with Crippen LogP contribution in [0.3, 0.4) is 0 Å². The second-order valence-corrected chi connectivity index (χ2v) is 3.90. The van der Waals surface area contributed by atoms with Gasteiger partial charge in [0, 0.05) is 5.56 Å². The minimum atomic E-state index is -4.19. The van der Waals surface area contributed by atoms with E-state index < -0.39 is 12.6 Å². The predicted octanol–water partition coefficient (Wildman–Crippen LogP) is 3.92. The lowest BCUT2D eigenvalue weighted by Gasteiger charge is -2.10. The fourth-order valence-corrected chi connectivity index (χ4v) is 1.37. The van der Waals surface area contributed by atoms with Crippen molar-refractivity contribution in [1.29, 1.82) is 0 Å². The third kappa shape index (κ3) is 5.33. The molecular formula is C13H12ClF3O. The lowest BCUT2D eigenvalue weighted by molar-refractivity contribution is -0.139. The molecule has 0 aliphatic rings. The van der Waals surface area contributed by atoms with E-state index in [2.05, 4.69) is 11.8 Å². The Balaban J connectivity index is 2.63. The molecule has 0 heterocycles. The summed E-state index contributed by atoms with van der Waals surface area (Å²) in [5, 5.41) is 0. The largest absolute Gasteiger partial charge is 0.493 e. The summed E-state index contributed by atoms with van der Waals surface area (Å²) in [5.74, 6) is 6.20. The van der Waals surface area contributed by atoms with Gasteiger partial charge in [-0.3, -0.25) is 0 Å². The van der Waals surface area contributed by atoms with E-state index in [9.17, 15) is 13.2 Å². The summed E-state index contributed by atoms with van der Waals surface area (Å²) in [7, 11) is 0.